The smallest absolute Gasteiger partial charge is 0.337 e. The second-order valence-corrected chi connectivity index (χ2v) is 5.35. The molecule has 3 aromatic rings. The van der Waals surface area contributed by atoms with E-state index in [4.69, 9.17) is 20.8 Å². The number of benzene rings is 1. The number of aromatic nitrogens is 2. The number of fused-ring (bicyclic) bond motifs is 1. The molecule has 118 valence electrons. The van der Waals surface area contributed by atoms with Crippen molar-refractivity contribution in [2.75, 3.05) is 0 Å². The third kappa shape index (κ3) is 3.27. The fraction of sp³-hybridized carbons (Fsp3) is 0.188. The summed E-state index contributed by atoms with van der Waals surface area (Å²) in [5.74, 6) is 0. The van der Waals surface area contributed by atoms with Gasteiger partial charge in [-0.2, -0.15) is 4.98 Å². The average molecular weight is 333 g/mol. The molecule has 0 bridgehead atoms. The van der Waals surface area contributed by atoms with Gasteiger partial charge >= 0.3 is 5.63 Å². The van der Waals surface area contributed by atoms with Crippen molar-refractivity contribution in [1.82, 2.24) is 9.97 Å². The lowest BCUT2D eigenvalue weighted by Crippen LogP contribution is -2.15. The zero-order valence-corrected chi connectivity index (χ0v) is 13.0. The first-order chi connectivity index (χ1) is 11.1. The monoisotopic (exact) mass is 332 g/mol. The summed E-state index contributed by atoms with van der Waals surface area (Å²) in [6.45, 7) is 2.02. The van der Waals surface area contributed by atoms with Gasteiger partial charge in [-0.1, -0.05) is 30.7 Å². The van der Waals surface area contributed by atoms with Crippen LogP contribution in [-0.4, -0.2) is 9.97 Å². The Morgan fingerprint density at radius 1 is 1.30 bits per heavy atom. The maximum Gasteiger partial charge on any atom is 0.337 e. The largest absolute Gasteiger partial charge is 0.460 e. The highest BCUT2D eigenvalue weighted by atomic mass is 35.5. The summed E-state index contributed by atoms with van der Waals surface area (Å²) in [5.41, 5.74) is 0.430. The molecule has 0 saturated carbocycles. The van der Waals surface area contributed by atoms with E-state index in [0.717, 1.165) is 5.56 Å². The SMILES string of the molecule is CCc1cc(=O)oc2nc(OCc3cccc(Cl)c3)[nH]c(=O)c12. The predicted molar refractivity (Wildman–Crippen MR) is 86.1 cm³/mol. The van der Waals surface area contributed by atoms with Crippen LogP contribution in [-0.2, 0) is 13.0 Å². The molecule has 23 heavy (non-hydrogen) atoms. The fourth-order valence-electron chi connectivity index (χ4n) is 2.25. The molecule has 6 nitrogen and oxygen atoms in total. The molecule has 1 N–H and O–H groups in total. The Kier molecular flexibility index (Phi) is 4.16. The number of rotatable bonds is 4. The first-order valence-corrected chi connectivity index (χ1v) is 7.39. The Balaban J connectivity index is 1.96. The second kappa shape index (κ2) is 6.26. The van der Waals surface area contributed by atoms with E-state index in [0.29, 0.717) is 17.0 Å². The van der Waals surface area contributed by atoms with Crippen LogP contribution in [0, 0.1) is 0 Å². The zero-order valence-electron chi connectivity index (χ0n) is 12.3. The maximum absolute atomic E-state index is 12.2. The number of H-pyrrole nitrogens is 1. The fourth-order valence-corrected chi connectivity index (χ4v) is 2.47. The van der Waals surface area contributed by atoms with E-state index in [1.165, 1.54) is 6.07 Å². The zero-order chi connectivity index (χ0) is 16.4. The molecule has 2 aromatic heterocycles. The Bertz CT molecular complexity index is 978. The number of nitrogens with one attached hydrogen (secondary N) is 1. The minimum Gasteiger partial charge on any atom is -0.460 e. The van der Waals surface area contributed by atoms with Gasteiger partial charge in [0.1, 0.15) is 12.0 Å². The third-order valence-corrected chi connectivity index (χ3v) is 3.56. The van der Waals surface area contributed by atoms with Gasteiger partial charge in [0.05, 0.1) is 0 Å². The number of aromatic amines is 1. The molecular weight excluding hydrogens is 320 g/mol. The minimum atomic E-state index is -0.548. The number of hydrogen-bond acceptors (Lipinski definition) is 5. The average Bonchev–Trinajstić information content (AvgIpc) is 2.51. The molecule has 0 radical (unpaired) electrons. The quantitative estimate of drug-likeness (QED) is 0.794. The molecule has 0 aliphatic carbocycles. The molecule has 0 spiro atoms. The summed E-state index contributed by atoms with van der Waals surface area (Å²) in [6.07, 6.45) is 0.523. The van der Waals surface area contributed by atoms with Crippen molar-refractivity contribution in [2.24, 2.45) is 0 Å². The highest BCUT2D eigenvalue weighted by Gasteiger charge is 2.12. The second-order valence-electron chi connectivity index (χ2n) is 4.91. The van der Waals surface area contributed by atoms with E-state index in [1.807, 2.05) is 13.0 Å². The molecule has 0 aliphatic heterocycles. The van der Waals surface area contributed by atoms with Gasteiger partial charge in [0, 0.05) is 11.1 Å². The molecule has 7 heteroatoms. The van der Waals surface area contributed by atoms with Crippen LogP contribution in [0.1, 0.15) is 18.1 Å². The Morgan fingerprint density at radius 2 is 2.13 bits per heavy atom. The standard InChI is InChI=1S/C16H13ClN2O4/c1-2-10-7-12(20)23-15-13(10)14(21)18-16(19-15)22-8-9-4-3-5-11(17)6-9/h3-7H,2,8H2,1H3,(H,18,19,21). The van der Waals surface area contributed by atoms with Crippen LogP contribution >= 0.6 is 11.6 Å². The number of aryl methyl sites for hydroxylation is 1. The number of hydrogen-bond donors (Lipinski definition) is 1. The van der Waals surface area contributed by atoms with Crippen LogP contribution in [0.4, 0.5) is 0 Å². The summed E-state index contributed by atoms with van der Waals surface area (Å²) < 4.78 is 10.5. The number of nitrogens with zero attached hydrogens (tertiary/aromatic N) is 1. The van der Waals surface area contributed by atoms with Crippen LogP contribution in [0.2, 0.25) is 5.02 Å². The topological polar surface area (TPSA) is 85.2 Å². The summed E-state index contributed by atoms with van der Waals surface area (Å²) >= 11 is 5.90. The Hall–Kier alpha value is -2.60. The van der Waals surface area contributed by atoms with Crippen molar-refractivity contribution in [2.45, 2.75) is 20.0 Å². The first-order valence-electron chi connectivity index (χ1n) is 7.01. The van der Waals surface area contributed by atoms with Crippen LogP contribution in [0.5, 0.6) is 6.01 Å². The van der Waals surface area contributed by atoms with Crippen molar-refractivity contribution in [3.05, 3.63) is 67.3 Å². The molecular formula is C16H13ClN2O4. The summed E-state index contributed by atoms with van der Waals surface area (Å²) in [5, 5.41) is 0.854. The lowest BCUT2D eigenvalue weighted by molar-refractivity contribution is 0.279. The van der Waals surface area contributed by atoms with Gasteiger partial charge in [0.15, 0.2) is 0 Å². The summed E-state index contributed by atoms with van der Waals surface area (Å²) in [6, 6.07) is 8.41. The third-order valence-electron chi connectivity index (χ3n) is 3.32. The van der Waals surface area contributed by atoms with Crippen molar-refractivity contribution >= 4 is 22.7 Å². The maximum atomic E-state index is 12.2. The van der Waals surface area contributed by atoms with E-state index >= 15 is 0 Å². The molecule has 3 rings (SSSR count). The van der Waals surface area contributed by atoms with Crippen LogP contribution in [0.3, 0.4) is 0 Å². The van der Waals surface area contributed by atoms with Crippen LogP contribution in [0.15, 0.2) is 44.3 Å². The highest BCUT2D eigenvalue weighted by Crippen LogP contribution is 2.15. The van der Waals surface area contributed by atoms with E-state index in [-0.39, 0.29) is 23.7 Å². The Labute approximate surface area is 135 Å². The predicted octanol–water partition coefficient (Wildman–Crippen LogP) is 2.67. The first kappa shape index (κ1) is 15.3. The van der Waals surface area contributed by atoms with Crippen molar-refractivity contribution in [3.63, 3.8) is 0 Å². The van der Waals surface area contributed by atoms with Crippen molar-refractivity contribution in [1.29, 1.82) is 0 Å². The van der Waals surface area contributed by atoms with E-state index in [1.54, 1.807) is 18.2 Å². The molecule has 0 aliphatic rings. The number of ether oxygens (including phenoxy) is 1. The van der Waals surface area contributed by atoms with Gasteiger partial charge < -0.3 is 9.15 Å². The van der Waals surface area contributed by atoms with Crippen molar-refractivity contribution < 1.29 is 9.15 Å². The molecule has 0 atom stereocenters. The minimum absolute atomic E-state index is 0.0149. The molecule has 2 heterocycles. The van der Waals surface area contributed by atoms with E-state index in [9.17, 15) is 9.59 Å². The summed E-state index contributed by atoms with van der Waals surface area (Å²) in [4.78, 5) is 30.3. The van der Waals surface area contributed by atoms with E-state index in [2.05, 4.69) is 9.97 Å². The number of halogens is 1. The molecule has 0 amide bonds. The van der Waals surface area contributed by atoms with Gasteiger partial charge in [-0.25, -0.2) is 4.79 Å². The molecule has 1 aromatic carbocycles. The lowest BCUT2D eigenvalue weighted by Gasteiger charge is -2.07. The van der Waals surface area contributed by atoms with Gasteiger partial charge in [-0.05, 0) is 29.7 Å². The van der Waals surface area contributed by atoms with Gasteiger partial charge in [0.25, 0.3) is 11.6 Å². The molecule has 0 unspecified atom stereocenters. The summed E-state index contributed by atoms with van der Waals surface area (Å²) in [7, 11) is 0. The molecule has 0 saturated heterocycles. The van der Waals surface area contributed by atoms with Crippen LogP contribution in [0.25, 0.3) is 11.1 Å². The van der Waals surface area contributed by atoms with E-state index < -0.39 is 11.2 Å². The van der Waals surface area contributed by atoms with Crippen LogP contribution < -0.4 is 15.9 Å². The van der Waals surface area contributed by atoms with Gasteiger partial charge in [-0.3, -0.25) is 9.78 Å². The van der Waals surface area contributed by atoms with Crippen molar-refractivity contribution in [3.8, 4) is 6.01 Å². The van der Waals surface area contributed by atoms with Gasteiger partial charge in [0.2, 0.25) is 5.71 Å². The van der Waals surface area contributed by atoms with Gasteiger partial charge in [-0.15, -0.1) is 0 Å². The highest BCUT2D eigenvalue weighted by molar-refractivity contribution is 6.30. The molecule has 0 fully saturated rings. The lowest BCUT2D eigenvalue weighted by atomic mass is 10.1. The Morgan fingerprint density at radius 3 is 2.87 bits per heavy atom. The normalized spacial score (nSPS) is 10.9.